The SMILES string of the molecule is COc1ccc(-c2ncc(NC(=O)C3CCCO3)cn2)cc1. The van der Waals surface area contributed by atoms with E-state index in [1.165, 1.54) is 0 Å². The number of carbonyl (C=O) groups excluding carboxylic acids is 1. The van der Waals surface area contributed by atoms with Gasteiger partial charge in [-0.2, -0.15) is 0 Å². The van der Waals surface area contributed by atoms with Crippen molar-refractivity contribution in [1.29, 1.82) is 0 Å². The molecule has 22 heavy (non-hydrogen) atoms. The number of anilines is 1. The molecule has 2 aromatic rings. The summed E-state index contributed by atoms with van der Waals surface area (Å²) >= 11 is 0. The lowest BCUT2D eigenvalue weighted by Gasteiger charge is -2.10. The summed E-state index contributed by atoms with van der Waals surface area (Å²) in [6, 6.07) is 7.48. The quantitative estimate of drug-likeness (QED) is 0.937. The molecule has 0 aliphatic carbocycles. The smallest absolute Gasteiger partial charge is 0.253 e. The minimum Gasteiger partial charge on any atom is -0.497 e. The third-order valence-corrected chi connectivity index (χ3v) is 3.49. The van der Waals surface area contributed by atoms with Gasteiger partial charge in [0, 0.05) is 12.2 Å². The minimum absolute atomic E-state index is 0.140. The molecule has 1 aliphatic rings. The van der Waals surface area contributed by atoms with Crippen molar-refractivity contribution in [2.75, 3.05) is 19.0 Å². The van der Waals surface area contributed by atoms with E-state index in [2.05, 4.69) is 15.3 Å². The van der Waals surface area contributed by atoms with Crippen molar-refractivity contribution < 1.29 is 14.3 Å². The number of benzene rings is 1. The van der Waals surface area contributed by atoms with Gasteiger partial charge in [-0.3, -0.25) is 4.79 Å². The van der Waals surface area contributed by atoms with Crippen molar-refractivity contribution in [1.82, 2.24) is 9.97 Å². The highest BCUT2D eigenvalue weighted by Gasteiger charge is 2.23. The number of carbonyl (C=O) groups is 1. The van der Waals surface area contributed by atoms with Crippen LogP contribution in [0, 0.1) is 0 Å². The average Bonchev–Trinajstić information content (AvgIpc) is 3.10. The number of hydrogen-bond acceptors (Lipinski definition) is 5. The summed E-state index contributed by atoms with van der Waals surface area (Å²) in [7, 11) is 1.62. The standard InChI is InChI=1S/C16H17N3O3/c1-21-13-6-4-11(5-7-13)15-17-9-12(10-18-15)19-16(20)14-3-2-8-22-14/h4-7,9-10,14H,2-3,8H2,1H3,(H,19,20). The van der Waals surface area contributed by atoms with Crippen molar-refractivity contribution in [3.05, 3.63) is 36.7 Å². The number of hydrogen-bond donors (Lipinski definition) is 1. The summed E-state index contributed by atoms with van der Waals surface area (Å²) in [5.74, 6) is 1.24. The first-order valence-corrected chi connectivity index (χ1v) is 7.15. The Balaban J connectivity index is 1.67. The molecule has 1 saturated heterocycles. The Morgan fingerprint density at radius 3 is 2.59 bits per heavy atom. The second-order valence-electron chi connectivity index (χ2n) is 5.01. The van der Waals surface area contributed by atoms with Gasteiger partial charge in [0.25, 0.3) is 5.91 Å². The topological polar surface area (TPSA) is 73.3 Å². The van der Waals surface area contributed by atoms with Crippen LogP contribution in [0.25, 0.3) is 11.4 Å². The van der Waals surface area contributed by atoms with Crippen molar-refractivity contribution >= 4 is 11.6 Å². The number of methoxy groups -OCH3 is 1. The van der Waals surface area contributed by atoms with Crippen LogP contribution in [-0.2, 0) is 9.53 Å². The third-order valence-electron chi connectivity index (χ3n) is 3.49. The second-order valence-corrected chi connectivity index (χ2v) is 5.01. The van der Waals surface area contributed by atoms with E-state index in [-0.39, 0.29) is 12.0 Å². The van der Waals surface area contributed by atoms with Gasteiger partial charge in [-0.1, -0.05) is 0 Å². The Labute approximate surface area is 128 Å². The number of rotatable bonds is 4. The number of nitrogens with one attached hydrogen (secondary N) is 1. The lowest BCUT2D eigenvalue weighted by Crippen LogP contribution is -2.26. The largest absolute Gasteiger partial charge is 0.497 e. The molecule has 114 valence electrons. The zero-order valence-corrected chi connectivity index (χ0v) is 12.3. The summed E-state index contributed by atoms with van der Waals surface area (Å²) < 4.78 is 10.5. The molecule has 3 rings (SSSR count). The van der Waals surface area contributed by atoms with E-state index in [9.17, 15) is 4.79 Å². The fourth-order valence-electron chi connectivity index (χ4n) is 2.29. The van der Waals surface area contributed by atoms with Crippen molar-refractivity contribution in [2.24, 2.45) is 0 Å². The van der Waals surface area contributed by atoms with Crippen LogP contribution in [0.1, 0.15) is 12.8 Å². The molecule has 0 saturated carbocycles. The highest BCUT2D eigenvalue weighted by molar-refractivity contribution is 5.94. The molecule has 0 spiro atoms. The van der Waals surface area contributed by atoms with Gasteiger partial charge in [0.2, 0.25) is 0 Å². The van der Waals surface area contributed by atoms with Crippen molar-refractivity contribution in [2.45, 2.75) is 18.9 Å². The van der Waals surface area contributed by atoms with E-state index < -0.39 is 0 Å². The molecule has 0 bridgehead atoms. The van der Waals surface area contributed by atoms with Crippen molar-refractivity contribution in [3.63, 3.8) is 0 Å². The van der Waals surface area contributed by atoms with Crippen molar-refractivity contribution in [3.8, 4) is 17.1 Å². The Morgan fingerprint density at radius 1 is 1.27 bits per heavy atom. The maximum absolute atomic E-state index is 11.9. The van der Waals surface area contributed by atoms with Gasteiger partial charge in [0.05, 0.1) is 25.2 Å². The lowest BCUT2D eigenvalue weighted by atomic mass is 10.2. The average molecular weight is 299 g/mol. The zero-order valence-electron chi connectivity index (χ0n) is 12.3. The Bertz CT molecular complexity index is 635. The van der Waals surface area contributed by atoms with E-state index >= 15 is 0 Å². The second kappa shape index (κ2) is 6.53. The summed E-state index contributed by atoms with van der Waals surface area (Å²) in [6.45, 7) is 0.644. The first-order valence-electron chi connectivity index (χ1n) is 7.15. The number of nitrogens with zero attached hydrogens (tertiary/aromatic N) is 2. The molecule has 6 nitrogen and oxygen atoms in total. The molecule has 1 N–H and O–H groups in total. The third kappa shape index (κ3) is 3.23. The highest BCUT2D eigenvalue weighted by atomic mass is 16.5. The molecule has 1 unspecified atom stereocenters. The summed E-state index contributed by atoms with van der Waals surface area (Å²) in [5.41, 5.74) is 1.45. The Hall–Kier alpha value is -2.47. The molecule has 6 heteroatoms. The van der Waals surface area contributed by atoms with Crippen LogP contribution in [-0.4, -0.2) is 35.7 Å². The van der Waals surface area contributed by atoms with Crippen LogP contribution >= 0.6 is 0 Å². The fraction of sp³-hybridized carbons (Fsp3) is 0.312. The maximum atomic E-state index is 11.9. The number of amides is 1. The summed E-state index contributed by atoms with van der Waals surface area (Å²) in [5, 5.41) is 2.77. The van der Waals surface area contributed by atoms with Crippen LogP contribution in [0.2, 0.25) is 0 Å². The highest BCUT2D eigenvalue weighted by Crippen LogP contribution is 2.20. The van der Waals surface area contributed by atoms with Gasteiger partial charge in [-0.15, -0.1) is 0 Å². The van der Waals surface area contributed by atoms with E-state index in [0.29, 0.717) is 18.1 Å². The molecule has 1 atom stereocenters. The molecule has 0 radical (unpaired) electrons. The predicted molar refractivity (Wildman–Crippen MR) is 81.6 cm³/mol. The summed E-state index contributed by atoms with van der Waals surface area (Å²) in [4.78, 5) is 20.5. The van der Waals surface area contributed by atoms with Gasteiger partial charge in [-0.05, 0) is 37.1 Å². The summed E-state index contributed by atoms with van der Waals surface area (Å²) in [6.07, 6.45) is 4.52. The number of ether oxygens (including phenoxy) is 2. The minimum atomic E-state index is -0.360. The molecule has 1 fully saturated rings. The Morgan fingerprint density at radius 2 is 2.00 bits per heavy atom. The normalized spacial score (nSPS) is 17.2. The van der Waals surface area contributed by atoms with Gasteiger partial charge in [0.15, 0.2) is 5.82 Å². The first kappa shape index (κ1) is 14.5. The van der Waals surface area contributed by atoms with E-state index in [1.54, 1.807) is 19.5 Å². The van der Waals surface area contributed by atoms with E-state index in [1.807, 2.05) is 24.3 Å². The van der Waals surface area contributed by atoms with Crippen LogP contribution in [0.3, 0.4) is 0 Å². The van der Waals surface area contributed by atoms with Crippen LogP contribution in [0.4, 0.5) is 5.69 Å². The molecular weight excluding hydrogens is 282 g/mol. The molecular formula is C16H17N3O3. The lowest BCUT2D eigenvalue weighted by molar-refractivity contribution is -0.124. The van der Waals surface area contributed by atoms with Gasteiger partial charge in [0.1, 0.15) is 11.9 Å². The van der Waals surface area contributed by atoms with Gasteiger partial charge >= 0.3 is 0 Å². The molecule has 1 aromatic carbocycles. The maximum Gasteiger partial charge on any atom is 0.253 e. The van der Waals surface area contributed by atoms with Crippen LogP contribution in [0.5, 0.6) is 5.75 Å². The first-order chi connectivity index (χ1) is 10.8. The fourth-order valence-corrected chi connectivity index (χ4v) is 2.29. The predicted octanol–water partition coefficient (Wildman–Crippen LogP) is 2.27. The Kier molecular flexibility index (Phi) is 4.29. The molecule has 1 amide bonds. The number of aromatic nitrogens is 2. The van der Waals surface area contributed by atoms with Gasteiger partial charge < -0.3 is 14.8 Å². The van der Waals surface area contributed by atoms with Crippen LogP contribution in [0.15, 0.2) is 36.7 Å². The van der Waals surface area contributed by atoms with E-state index in [4.69, 9.17) is 9.47 Å². The molecule has 1 aliphatic heterocycles. The van der Waals surface area contributed by atoms with Gasteiger partial charge in [-0.25, -0.2) is 9.97 Å². The van der Waals surface area contributed by atoms with E-state index in [0.717, 1.165) is 24.2 Å². The zero-order chi connectivity index (χ0) is 15.4. The van der Waals surface area contributed by atoms with Crippen LogP contribution < -0.4 is 10.1 Å². The molecule has 1 aromatic heterocycles. The molecule has 2 heterocycles. The monoisotopic (exact) mass is 299 g/mol.